The second-order valence-electron chi connectivity index (χ2n) is 9.88. The molecule has 0 aliphatic rings. The number of imidazole rings is 1. The number of hydrogen-bond acceptors (Lipinski definition) is 9. The van der Waals surface area contributed by atoms with E-state index in [0.29, 0.717) is 34.5 Å². The number of amides is 2. The maximum atomic E-state index is 12.9. The highest BCUT2D eigenvalue weighted by molar-refractivity contribution is 6.09. The molecule has 0 aliphatic carbocycles. The second kappa shape index (κ2) is 12.3. The Morgan fingerprint density at radius 3 is 2.60 bits per heavy atom. The van der Waals surface area contributed by atoms with Gasteiger partial charge in [-0.2, -0.15) is 0 Å². The number of aromatic hydroxyl groups is 1. The van der Waals surface area contributed by atoms with Gasteiger partial charge in [-0.15, -0.1) is 0 Å². The molecule has 0 radical (unpaired) electrons. The number of para-hydroxylation sites is 1. The number of aliphatic hydroxyl groups is 1. The largest absolute Gasteiger partial charge is 0.506 e. The van der Waals surface area contributed by atoms with Gasteiger partial charge in [-0.1, -0.05) is 24.3 Å². The van der Waals surface area contributed by atoms with Crippen LogP contribution in [0.3, 0.4) is 0 Å². The van der Waals surface area contributed by atoms with Gasteiger partial charge in [-0.05, 0) is 44.5 Å². The molecular weight excluding hydrogens is 516 g/mol. The third-order valence-electron chi connectivity index (χ3n) is 5.94. The number of fused-ring (bicyclic) bond motifs is 3. The van der Waals surface area contributed by atoms with Gasteiger partial charge in [0.25, 0.3) is 0 Å². The van der Waals surface area contributed by atoms with E-state index in [9.17, 15) is 19.8 Å². The van der Waals surface area contributed by atoms with E-state index in [1.807, 2.05) is 35.8 Å². The van der Waals surface area contributed by atoms with Crippen molar-refractivity contribution in [2.24, 2.45) is 5.73 Å². The van der Waals surface area contributed by atoms with Crippen molar-refractivity contribution in [3.05, 3.63) is 53.9 Å². The highest BCUT2D eigenvalue weighted by Crippen LogP contribution is 2.32. The lowest BCUT2D eigenvalue weighted by atomic mass is 10.1. The van der Waals surface area contributed by atoms with E-state index in [1.165, 1.54) is 12.1 Å². The number of rotatable bonds is 11. The average molecular weight is 551 g/mol. The van der Waals surface area contributed by atoms with Crippen LogP contribution in [0.4, 0.5) is 16.3 Å². The fourth-order valence-electron chi connectivity index (χ4n) is 4.23. The lowest BCUT2D eigenvalue weighted by Crippen LogP contribution is -2.27. The Labute approximate surface area is 231 Å². The number of pyridine rings is 1. The molecule has 4 aromatic rings. The van der Waals surface area contributed by atoms with Gasteiger partial charge < -0.3 is 35.3 Å². The van der Waals surface area contributed by atoms with Crippen LogP contribution in [-0.2, 0) is 34.0 Å². The zero-order chi connectivity index (χ0) is 28.9. The molecule has 0 saturated heterocycles. The van der Waals surface area contributed by atoms with E-state index >= 15 is 0 Å². The van der Waals surface area contributed by atoms with Crippen LogP contribution < -0.4 is 16.4 Å². The quantitative estimate of drug-likeness (QED) is 0.175. The Morgan fingerprint density at radius 1 is 1.10 bits per heavy atom. The normalized spacial score (nSPS) is 11.6. The number of carbonyl (C=O) groups excluding carboxylic acids is 2. The molecule has 2 aromatic heterocycles. The van der Waals surface area contributed by atoms with Crippen molar-refractivity contribution >= 4 is 45.4 Å². The van der Waals surface area contributed by atoms with Crippen LogP contribution >= 0.6 is 0 Å². The fourth-order valence-corrected chi connectivity index (χ4v) is 4.23. The van der Waals surface area contributed by atoms with Gasteiger partial charge in [-0.25, -0.2) is 14.8 Å². The van der Waals surface area contributed by atoms with E-state index < -0.39 is 11.7 Å². The van der Waals surface area contributed by atoms with Crippen LogP contribution in [-0.4, -0.2) is 55.5 Å². The molecule has 12 nitrogen and oxygen atoms in total. The minimum absolute atomic E-state index is 0.105. The molecule has 0 atom stereocenters. The molecule has 40 heavy (non-hydrogen) atoms. The van der Waals surface area contributed by atoms with Gasteiger partial charge in [0.2, 0.25) is 5.91 Å². The number of phenols is 1. The second-order valence-corrected chi connectivity index (χ2v) is 9.88. The first-order valence-corrected chi connectivity index (χ1v) is 12.9. The summed E-state index contributed by atoms with van der Waals surface area (Å²) in [6.45, 7) is 6.29. The van der Waals surface area contributed by atoms with Crippen molar-refractivity contribution in [1.82, 2.24) is 14.5 Å². The first-order chi connectivity index (χ1) is 19.1. The number of carbonyl (C=O) groups is 2. The zero-order valence-electron chi connectivity index (χ0n) is 22.7. The molecule has 2 amide bonds. The van der Waals surface area contributed by atoms with E-state index in [1.54, 1.807) is 19.9 Å². The first-order valence-electron chi connectivity index (χ1n) is 12.9. The Hall–Kier alpha value is -4.26. The van der Waals surface area contributed by atoms with Crippen LogP contribution in [0.25, 0.3) is 21.9 Å². The molecule has 2 aromatic carbocycles. The third-order valence-corrected chi connectivity index (χ3v) is 5.94. The zero-order valence-corrected chi connectivity index (χ0v) is 22.7. The number of aromatic nitrogens is 3. The number of phenolic OH excluding ortho intramolecular Hbond substituents is 1. The number of nitrogens with one attached hydrogen (secondary N) is 2. The van der Waals surface area contributed by atoms with Crippen LogP contribution in [0, 0.1) is 0 Å². The van der Waals surface area contributed by atoms with Crippen LogP contribution in [0.2, 0.25) is 0 Å². The van der Waals surface area contributed by atoms with Gasteiger partial charge in [0, 0.05) is 25.0 Å². The van der Waals surface area contributed by atoms with Gasteiger partial charge >= 0.3 is 6.09 Å². The Kier molecular flexibility index (Phi) is 8.83. The molecule has 4 rings (SSSR count). The summed E-state index contributed by atoms with van der Waals surface area (Å²) in [5, 5.41) is 26.8. The van der Waals surface area contributed by atoms with Crippen LogP contribution in [0.5, 0.6) is 5.75 Å². The topological polar surface area (TPSA) is 174 Å². The van der Waals surface area contributed by atoms with E-state index in [-0.39, 0.29) is 55.9 Å². The highest BCUT2D eigenvalue weighted by Gasteiger charge is 2.24. The average Bonchev–Trinajstić information content (AvgIpc) is 3.25. The lowest BCUT2D eigenvalue weighted by molar-refractivity contribution is -0.116. The van der Waals surface area contributed by atoms with Gasteiger partial charge in [0.1, 0.15) is 30.3 Å². The highest BCUT2D eigenvalue weighted by atomic mass is 16.5. The molecule has 212 valence electrons. The van der Waals surface area contributed by atoms with Crippen molar-refractivity contribution in [3.63, 3.8) is 0 Å². The number of hydrogen-bond donors (Lipinski definition) is 5. The molecule has 0 spiro atoms. The monoisotopic (exact) mass is 550 g/mol. The summed E-state index contributed by atoms with van der Waals surface area (Å²) >= 11 is 0. The maximum absolute atomic E-state index is 12.9. The third kappa shape index (κ3) is 6.84. The fraction of sp³-hybridized carbons (Fsp3) is 0.357. The van der Waals surface area contributed by atoms with Crippen LogP contribution in [0.15, 0.2) is 42.5 Å². The van der Waals surface area contributed by atoms with E-state index in [0.717, 1.165) is 5.39 Å². The van der Waals surface area contributed by atoms with E-state index in [2.05, 4.69) is 15.6 Å². The molecule has 12 heteroatoms. The van der Waals surface area contributed by atoms with Gasteiger partial charge in [-0.3, -0.25) is 10.1 Å². The molecule has 6 N–H and O–H groups in total. The smallest absolute Gasteiger partial charge is 0.413 e. The standard InChI is InChI=1S/C28H34N6O6/c1-4-39-15-22-32-24-25(34(22)16-28(2,3)38)18-7-5-6-8-19(18)31-26(24)33-27(37)40-14-17-9-10-21(35)20(13-17)30-23(36)11-12-29/h5-10,13,35,38H,4,11-12,14-16,29H2,1-3H3,(H,30,36)(H,31,33,37). The minimum atomic E-state index is -1.04. The van der Waals surface area contributed by atoms with Crippen molar-refractivity contribution in [3.8, 4) is 5.75 Å². The molecule has 0 unspecified atom stereocenters. The van der Waals surface area contributed by atoms with Crippen molar-refractivity contribution in [1.29, 1.82) is 0 Å². The predicted octanol–water partition coefficient (Wildman–Crippen LogP) is 3.63. The number of benzene rings is 2. The number of nitrogens with zero attached hydrogens (tertiary/aromatic N) is 3. The number of nitrogens with two attached hydrogens (primary N) is 1. The SMILES string of the molecule is CCOCc1nc2c(NC(=O)OCc3ccc(O)c(NC(=O)CCN)c3)nc3ccccc3c2n1CC(C)(C)O. The summed E-state index contributed by atoms with van der Waals surface area (Å²) < 4.78 is 12.9. The molecule has 0 aliphatic heterocycles. The summed E-state index contributed by atoms with van der Waals surface area (Å²) in [5.41, 5.74) is 6.86. The van der Waals surface area contributed by atoms with Crippen molar-refractivity contribution < 1.29 is 29.3 Å². The predicted molar refractivity (Wildman–Crippen MR) is 151 cm³/mol. The van der Waals surface area contributed by atoms with Gasteiger partial charge in [0.05, 0.1) is 28.9 Å². The Bertz CT molecular complexity index is 1530. The molecule has 0 fully saturated rings. The summed E-state index contributed by atoms with van der Waals surface area (Å²) in [4.78, 5) is 34.1. The number of anilines is 2. The van der Waals surface area contributed by atoms with Crippen LogP contribution in [0.1, 0.15) is 38.6 Å². The summed E-state index contributed by atoms with van der Waals surface area (Å²) in [6, 6.07) is 12.0. The molecule has 2 heterocycles. The van der Waals surface area contributed by atoms with Crippen molar-refractivity contribution in [2.45, 2.75) is 52.6 Å². The molecular formula is C28H34N6O6. The molecule has 0 saturated carbocycles. The number of ether oxygens (including phenoxy) is 2. The summed E-state index contributed by atoms with van der Waals surface area (Å²) in [7, 11) is 0. The minimum Gasteiger partial charge on any atom is -0.506 e. The van der Waals surface area contributed by atoms with Crippen molar-refractivity contribution in [2.75, 3.05) is 23.8 Å². The maximum Gasteiger partial charge on any atom is 0.413 e. The lowest BCUT2D eigenvalue weighted by Gasteiger charge is -2.20. The Morgan fingerprint density at radius 2 is 1.88 bits per heavy atom. The van der Waals surface area contributed by atoms with Gasteiger partial charge in [0.15, 0.2) is 5.82 Å². The summed E-state index contributed by atoms with van der Waals surface area (Å²) in [5.74, 6) is 0.326. The summed E-state index contributed by atoms with van der Waals surface area (Å²) in [6.07, 6.45) is -0.664. The molecule has 0 bridgehead atoms. The first kappa shape index (κ1) is 28.7. The Balaban J connectivity index is 1.62. The van der Waals surface area contributed by atoms with E-state index in [4.69, 9.17) is 20.2 Å².